The predicted octanol–water partition coefficient (Wildman–Crippen LogP) is 5.31. The molecule has 0 spiro atoms. The number of thiocarbonyl (C=S) groups is 1. The summed E-state index contributed by atoms with van der Waals surface area (Å²) in [4.78, 5) is 27.6. The quantitative estimate of drug-likeness (QED) is 0.250. The highest BCUT2D eigenvalue weighted by atomic mass is 32.1. The molecule has 0 fully saturated rings. The number of carbonyl (C=O) groups is 1. The Balaban J connectivity index is 1.46. The minimum atomic E-state index is -0.523. The first-order valence-electron chi connectivity index (χ1n) is 9.23. The molecular weight excluding hydrogens is 432 g/mol. The number of aromatic nitrogens is 1. The van der Waals surface area contributed by atoms with Gasteiger partial charge in [-0.1, -0.05) is 42.5 Å². The van der Waals surface area contributed by atoms with Crippen LogP contribution in [0.1, 0.15) is 15.9 Å². The van der Waals surface area contributed by atoms with Gasteiger partial charge in [0.05, 0.1) is 10.6 Å². The number of anilines is 1. The third kappa shape index (κ3) is 4.42. The number of rotatable bonds is 4. The van der Waals surface area contributed by atoms with E-state index in [9.17, 15) is 14.9 Å². The fourth-order valence-corrected chi connectivity index (χ4v) is 4.16. The molecule has 0 saturated carbocycles. The molecule has 4 rings (SSSR count). The van der Waals surface area contributed by atoms with Crippen LogP contribution in [0.5, 0.6) is 0 Å². The number of benzene rings is 3. The van der Waals surface area contributed by atoms with Gasteiger partial charge in [0.1, 0.15) is 0 Å². The average Bonchev–Trinajstić information content (AvgIpc) is 3.21. The van der Waals surface area contributed by atoms with Crippen LogP contribution in [-0.4, -0.2) is 20.9 Å². The zero-order valence-corrected chi connectivity index (χ0v) is 17.9. The van der Waals surface area contributed by atoms with E-state index in [2.05, 4.69) is 27.8 Å². The van der Waals surface area contributed by atoms with Crippen molar-refractivity contribution in [3.05, 3.63) is 87.3 Å². The van der Waals surface area contributed by atoms with Crippen molar-refractivity contribution in [2.75, 3.05) is 5.32 Å². The number of nitrogens with one attached hydrogen (secondary N) is 2. The molecule has 7 nitrogen and oxygen atoms in total. The summed E-state index contributed by atoms with van der Waals surface area (Å²) in [5.41, 5.74) is 2.12. The van der Waals surface area contributed by atoms with Crippen LogP contribution in [-0.2, 0) is 0 Å². The Kier molecular flexibility index (Phi) is 5.70. The third-order valence-electron chi connectivity index (χ3n) is 4.74. The van der Waals surface area contributed by atoms with Crippen LogP contribution in [0, 0.1) is 17.0 Å². The molecule has 0 aliphatic rings. The maximum atomic E-state index is 12.5. The van der Waals surface area contributed by atoms with Gasteiger partial charge in [-0.2, -0.15) is 0 Å². The standard InChI is InChI=1S/C22H16N4O3S2/c1-13-17(7-4-8-19(13)26(28)29)20(27)24-21(30)25-22-23-18(12-31-22)16-10-9-14-5-2-3-6-15(14)11-16/h2-12H,1H3,(H2,23,24,25,27,30). The number of fused-ring (bicyclic) bond motifs is 1. The van der Waals surface area contributed by atoms with Crippen molar-refractivity contribution in [2.24, 2.45) is 0 Å². The van der Waals surface area contributed by atoms with Gasteiger partial charge in [-0.15, -0.1) is 11.3 Å². The molecule has 31 heavy (non-hydrogen) atoms. The highest BCUT2D eigenvalue weighted by Crippen LogP contribution is 2.28. The highest BCUT2D eigenvalue weighted by Gasteiger charge is 2.19. The van der Waals surface area contributed by atoms with E-state index >= 15 is 0 Å². The topological polar surface area (TPSA) is 97.2 Å². The minimum absolute atomic E-state index is 0.0651. The summed E-state index contributed by atoms with van der Waals surface area (Å²) in [6.45, 7) is 1.53. The predicted molar refractivity (Wildman–Crippen MR) is 127 cm³/mol. The molecule has 2 N–H and O–H groups in total. The molecule has 1 aromatic heterocycles. The van der Waals surface area contributed by atoms with Crippen LogP contribution in [0.25, 0.3) is 22.0 Å². The van der Waals surface area contributed by atoms with Crippen molar-refractivity contribution in [3.63, 3.8) is 0 Å². The number of nitrogens with zero attached hydrogens (tertiary/aromatic N) is 2. The second kappa shape index (κ2) is 8.58. The Labute approximate surface area is 186 Å². The first-order valence-corrected chi connectivity index (χ1v) is 10.5. The molecule has 154 valence electrons. The van der Waals surface area contributed by atoms with E-state index < -0.39 is 10.8 Å². The molecular formula is C22H16N4O3S2. The van der Waals surface area contributed by atoms with Crippen LogP contribution in [0.3, 0.4) is 0 Å². The largest absolute Gasteiger partial charge is 0.308 e. The smallest absolute Gasteiger partial charge is 0.273 e. The van der Waals surface area contributed by atoms with E-state index in [4.69, 9.17) is 12.2 Å². The lowest BCUT2D eigenvalue weighted by molar-refractivity contribution is -0.385. The van der Waals surface area contributed by atoms with Crippen molar-refractivity contribution in [1.29, 1.82) is 0 Å². The number of nitro benzene ring substituents is 1. The Morgan fingerprint density at radius 1 is 1.10 bits per heavy atom. The zero-order valence-electron chi connectivity index (χ0n) is 16.3. The monoisotopic (exact) mass is 448 g/mol. The van der Waals surface area contributed by atoms with Crippen molar-refractivity contribution in [2.45, 2.75) is 6.92 Å². The SMILES string of the molecule is Cc1c(C(=O)NC(=S)Nc2nc(-c3ccc4ccccc4c3)cs2)cccc1[N+](=O)[O-]. The molecule has 3 aromatic carbocycles. The van der Waals surface area contributed by atoms with E-state index in [0.717, 1.165) is 22.0 Å². The number of hydrogen-bond donors (Lipinski definition) is 2. The summed E-state index contributed by atoms with van der Waals surface area (Å²) < 4.78 is 0. The molecule has 0 unspecified atom stereocenters. The summed E-state index contributed by atoms with van der Waals surface area (Å²) in [6.07, 6.45) is 0. The van der Waals surface area contributed by atoms with Crippen molar-refractivity contribution in [1.82, 2.24) is 10.3 Å². The molecule has 9 heteroatoms. The van der Waals surface area contributed by atoms with Gasteiger partial charge in [-0.25, -0.2) is 4.98 Å². The number of amides is 1. The Bertz CT molecular complexity index is 1330. The maximum absolute atomic E-state index is 12.5. The second-order valence-corrected chi connectivity index (χ2v) is 7.98. The van der Waals surface area contributed by atoms with Gasteiger partial charge in [-0.3, -0.25) is 20.2 Å². The van der Waals surface area contributed by atoms with Crippen LogP contribution in [0.15, 0.2) is 66.0 Å². The van der Waals surface area contributed by atoms with E-state index in [0.29, 0.717) is 5.13 Å². The van der Waals surface area contributed by atoms with Gasteiger partial charge in [0.15, 0.2) is 10.2 Å². The van der Waals surface area contributed by atoms with Crippen molar-refractivity contribution >= 4 is 56.2 Å². The Morgan fingerprint density at radius 2 is 1.87 bits per heavy atom. The Hall–Kier alpha value is -3.69. The van der Waals surface area contributed by atoms with Gasteiger partial charge in [0, 0.05) is 28.1 Å². The fourth-order valence-electron chi connectivity index (χ4n) is 3.18. The Morgan fingerprint density at radius 3 is 2.65 bits per heavy atom. The molecule has 4 aromatic rings. The highest BCUT2D eigenvalue weighted by molar-refractivity contribution is 7.80. The van der Waals surface area contributed by atoms with Crippen LogP contribution in [0.4, 0.5) is 10.8 Å². The van der Waals surface area contributed by atoms with Gasteiger partial charge < -0.3 is 5.32 Å². The summed E-state index contributed by atoms with van der Waals surface area (Å²) in [5.74, 6) is -0.523. The van der Waals surface area contributed by atoms with Gasteiger partial charge in [0.25, 0.3) is 11.6 Å². The number of nitro groups is 1. The lowest BCUT2D eigenvalue weighted by Gasteiger charge is -2.09. The maximum Gasteiger partial charge on any atom is 0.273 e. The lowest BCUT2D eigenvalue weighted by Crippen LogP contribution is -2.34. The van der Waals surface area contributed by atoms with Gasteiger partial charge in [-0.05, 0) is 42.0 Å². The first kappa shape index (κ1) is 20.6. The van der Waals surface area contributed by atoms with Crippen molar-refractivity contribution < 1.29 is 9.72 Å². The average molecular weight is 449 g/mol. The summed E-state index contributed by atoms with van der Waals surface area (Å²) >= 11 is 6.58. The zero-order chi connectivity index (χ0) is 22.0. The molecule has 0 radical (unpaired) electrons. The third-order valence-corrected chi connectivity index (χ3v) is 5.71. The first-order chi connectivity index (χ1) is 14.9. The molecule has 1 heterocycles. The number of hydrogen-bond acceptors (Lipinski definition) is 6. The summed E-state index contributed by atoms with van der Waals surface area (Å²) in [5, 5.41) is 21.3. The van der Waals surface area contributed by atoms with E-state index in [-0.39, 0.29) is 21.9 Å². The minimum Gasteiger partial charge on any atom is -0.308 e. The fraction of sp³-hybridized carbons (Fsp3) is 0.0455. The van der Waals surface area contributed by atoms with Crippen LogP contribution >= 0.6 is 23.6 Å². The molecule has 0 saturated heterocycles. The van der Waals surface area contributed by atoms with E-state index in [1.807, 2.05) is 35.7 Å². The lowest BCUT2D eigenvalue weighted by atomic mass is 10.1. The van der Waals surface area contributed by atoms with Gasteiger partial charge >= 0.3 is 0 Å². The second-order valence-electron chi connectivity index (χ2n) is 6.71. The van der Waals surface area contributed by atoms with Gasteiger partial charge in [0.2, 0.25) is 0 Å². The van der Waals surface area contributed by atoms with E-state index in [1.165, 1.54) is 36.5 Å². The molecule has 0 aliphatic carbocycles. The van der Waals surface area contributed by atoms with Crippen LogP contribution < -0.4 is 10.6 Å². The molecule has 0 atom stereocenters. The van der Waals surface area contributed by atoms with E-state index in [1.54, 1.807) is 0 Å². The van der Waals surface area contributed by atoms with Crippen LogP contribution in [0.2, 0.25) is 0 Å². The molecule has 0 aliphatic heterocycles. The number of thiazole rings is 1. The normalized spacial score (nSPS) is 10.6. The van der Waals surface area contributed by atoms with Crippen molar-refractivity contribution in [3.8, 4) is 11.3 Å². The summed E-state index contributed by atoms with van der Waals surface area (Å²) in [7, 11) is 0. The molecule has 0 bridgehead atoms. The number of carbonyl (C=O) groups excluding carboxylic acids is 1. The summed E-state index contributed by atoms with van der Waals surface area (Å²) in [6, 6.07) is 18.5. The molecule has 1 amide bonds.